The van der Waals surface area contributed by atoms with Gasteiger partial charge < -0.3 is 10.0 Å². The number of amides is 1. The number of benzene rings is 1. The van der Waals surface area contributed by atoms with Gasteiger partial charge >= 0.3 is 5.97 Å². The van der Waals surface area contributed by atoms with Crippen LogP contribution in [0.3, 0.4) is 0 Å². The van der Waals surface area contributed by atoms with Gasteiger partial charge in [-0.2, -0.15) is 0 Å². The fourth-order valence-electron chi connectivity index (χ4n) is 2.58. The van der Waals surface area contributed by atoms with Crippen molar-refractivity contribution in [2.24, 2.45) is 0 Å². The van der Waals surface area contributed by atoms with Gasteiger partial charge in [-0.15, -0.1) is 0 Å². The predicted molar refractivity (Wildman–Crippen MR) is 77.5 cm³/mol. The van der Waals surface area contributed by atoms with Crippen LogP contribution in [0.15, 0.2) is 30.3 Å². The molecule has 0 spiro atoms. The van der Waals surface area contributed by atoms with Gasteiger partial charge in [0.25, 0.3) is 5.91 Å². The molecule has 4 nitrogen and oxygen atoms in total. The third-order valence-electron chi connectivity index (χ3n) is 3.70. The minimum atomic E-state index is -0.998. The molecule has 1 fully saturated rings. The number of carboxylic acids is 1. The molecule has 0 saturated carbocycles. The fraction of sp³-hybridized carbons (Fsp3) is 0.375. The molecule has 4 heteroatoms. The van der Waals surface area contributed by atoms with Gasteiger partial charge in [0.1, 0.15) is 0 Å². The summed E-state index contributed by atoms with van der Waals surface area (Å²) in [5, 5.41) is 8.63. The van der Waals surface area contributed by atoms with Crippen molar-refractivity contribution >= 4 is 18.0 Å². The lowest BCUT2D eigenvalue weighted by Gasteiger charge is -2.31. The van der Waals surface area contributed by atoms with Crippen molar-refractivity contribution in [3.05, 3.63) is 41.5 Å². The summed E-state index contributed by atoms with van der Waals surface area (Å²) in [6.07, 6.45) is 4.60. The molecule has 20 heavy (non-hydrogen) atoms. The zero-order chi connectivity index (χ0) is 14.8. The van der Waals surface area contributed by atoms with Crippen molar-refractivity contribution in [1.82, 2.24) is 4.90 Å². The zero-order valence-electron chi connectivity index (χ0n) is 11.8. The van der Waals surface area contributed by atoms with Crippen LogP contribution in [0.4, 0.5) is 0 Å². The van der Waals surface area contributed by atoms with Crippen LogP contribution in [-0.4, -0.2) is 34.0 Å². The second kappa shape index (κ2) is 5.49. The molecular formula is C16H19NO3. The van der Waals surface area contributed by atoms with Gasteiger partial charge in [-0.05, 0) is 50.5 Å². The number of carboxylic acid groups (broad SMARTS) is 1. The highest BCUT2D eigenvalue weighted by Crippen LogP contribution is 2.29. The number of rotatable bonds is 3. The van der Waals surface area contributed by atoms with E-state index in [0.29, 0.717) is 5.56 Å². The van der Waals surface area contributed by atoms with Crippen molar-refractivity contribution in [3.8, 4) is 0 Å². The molecule has 1 heterocycles. The summed E-state index contributed by atoms with van der Waals surface area (Å²) in [6, 6.07) is 7.06. The average Bonchev–Trinajstić information content (AvgIpc) is 2.75. The van der Waals surface area contributed by atoms with Crippen LogP contribution in [0, 0.1) is 0 Å². The van der Waals surface area contributed by atoms with E-state index in [9.17, 15) is 9.59 Å². The average molecular weight is 273 g/mol. The number of carbonyl (C=O) groups excluding carboxylic acids is 1. The van der Waals surface area contributed by atoms with Crippen LogP contribution in [0.5, 0.6) is 0 Å². The van der Waals surface area contributed by atoms with Gasteiger partial charge in [0.2, 0.25) is 0 Å². The van der Waals surface area contributed by atoms with Gasteiger partial charge in [-0.3, -0.25) is 4.79 Å². The Morgan fingerprint density at radius 2 is 2.10 bits per heavy atom. The molecule has 0 unspecified atom stereocenters. The maximum atomic E-state index is 12.5. The Morgan fingerprint density at radius 3 is 2.70 bits per heavy atom. The van der Waals surface area contributed by atoms with Crippen LogP contribution >= 0.6 is 0 Å². The van der Waals surface area contributed by atoms with Gasteiger partial charge in [-0.25, -0.2) is 4.79 Å². The zero-order valence-corrected chi connectivity index (χ0v) is 11.8. The van der Waals surface area contributed by atoms with E-state index in [4.69, 9.17) is 5.11 Å². The molecule has 0 bridgehead atoms. The van der Waals surface area contributed by atoms with Gasteiger partial charge in [0.15, 0.2) is 0 Å². The summed E-state index contributed by atoms with van der Waals surface area (Å²) in [4.78, 5) is 25.0. The van der Waals surface area contributed by atoms with Gasteiger partial charge in [0.05, 0.1) is 0 Å². The highest BCUT2D eigenvalue weighted by Gasteiger charge is 2.35. The summed E-state index contributed by atoms with van der Waals surface area (Å²) in [6.45, 7) is 4.93. The van der Waals surface area contributed by atoms with E-state index >= 15 is 0 Å². The quantitative estimate of drug-likeness (QED) is 0.861. The molecule has 1 N–H and O–H groups in total. The SMILES string of the molecule is CC1(C)CCCN1C(=O)c1cccc(C=CC(=O)O)c1. The standard InChI is InChI=1S/C16H19NO3/c1-16(2)9-4-10-17(16)15(20)13-6-3-5-12(11-13)7-8-14(18)19/h3,5-8,11H,4,9-10H2,1-2H3,(H,18,19). The second-order valence-corrected chi connectivity index (χ2v) is 5.67. The largest absolute Gasteiger partial charge is 0.478 e. The molecule has 0 aliphatic carbocycles. The Balaban J connectivity index is 2.23. The van der Waals surface area contributed by atoms with E-state index in [0.717, 1.165) is 31.0 Å². The lowest BCUT2D eigenvalue weighted by Crippen LogP contribution is -2.42. The Labute approximate surface area is 118 Å². The molecule has 1 aromatic rings. The van der Waals surface area contributed by atoms with E-state index < -0.39 is 5.97 Å². The molecule has 0 radical (unpaired) electrons. The third kappa shape index (κ3) is 3.07. The van der Waals surface area contributed by atoms with E-state index in [2.05, 4.69) is 13.8 Å². The van der Waals surface area contributed by atoms with E-state index in [-0.39, 0.29) is 11.4 Å². The van der Waals surface area contributed by atoms with Crippen LogP contribution in [0.2, 0.25) is 0 Å². The second-order valence-electron chi connectivity index (χ2n) is 5.67. The number of hydrogen-bond acceptors (Lipinski definition) is 2. The number of likely N-dealkylation sites (tertiary alicyclic amines) is 1. The molecule has 1 saturated heterocycles. The topological polar surface area (TPSA) is 57.6 Å². The normalized spacial score (nSPS) is 17.6. The molecule has 1 amide bonds. The summed E-state index contributed by atoms with van der Waals surface area (Å²) in [7, 11) is 0. The van der Waals surface area contributed by atoms with Crippen molar-refractivity contribution in [3.63, 3.8) is 0 Å². The number of nitrogens with zero attached hydrogens (tertiary/aromatic N) is 1. The van der Waals surface area contributed by atoms with E-state index in [1.807, 2.05) is 4.90 Å². The fourth-order valence-corrected chi connectivity index (χ4v) is 2.58. The molecule has 1 aliphatic heterocycles. The molecular weight excluding hydrogens is 254 g/mol. The summed E-state index contributed by atoms with van der Waals surface area (Å²) < 4.78 is 0. The predicted octanol–water partition coefficient (Wildman–Crippen LogP) is 2.80. The summed E-state index contributed by atoms with van der Waals surface area (Å²) in [5.74, 6) is -0.986. The molecule has 0 atom stereocenters. The Morgan fingerprint density at radius 1 is 1.35 bits per heavy atom. The third-order valence-corrected chi connectivity index (χ3v) is 3.70. The van der Waals surface area contributed by atoms with Crippen LogP contribution in [-0.2, 0) is 4.79 Å². The van der Waals surface area contributed by atoms with Gasteiger partial charge in [0, 0.05) is 23.7 Å². The minimum Gasteiger partial charge on any atom is -0.478 e. The highest BCUT2D eigenvalue weighted by molar-refractivity contribution is 5.95. The van der Waals surface area contributed by atoms with Crippen LogP contribution < -0.4 is 0 Å². The first-order chi connectivity index (χ1) is 9.40. The molecule has 0 aromatic heterocycles. The first-order valence-corrected chi connectivity index (χ1v) is 6.73. The monoisotopic (exact) mass is 273 g/mol. The number of aliphatic carboxylic acids is 1. The molecule has 1 aromatic carbocycles. The maximum Gasteiger partial charge on any atom is 0.328 e. The Kier molecular flexibility index (Phi) is 3.93. The Hall–Kier alpha value is -2.10. The Bertz CT molecular complexity index is 561. The highest BCUT2D eigenvalue weighted by atomic mass is 16.4. The summed E-state index contributed by atoms with van der Waals surface area (Å²) in [5.41, 5.74) is 1.21. The maximum absolute atomic E-state index is 12.5. The van der Waals surface area contributed by atoms with Crippen molar-refractivity contribution in [2.45, 2.75) is 32.2 Å². The lowest BCUT2D eigenvalue weighted by atomic mass is 10.0. The van der Waals surface area contributed by atoms with Crippen molar-refractivity contribution in [1.29, 1.82) is 0 Å². The number of hydrogen-bond donors (Lipinski definition) is 1. The molecule has 1 aliphatic rings. The van der Waals surface area contributed by atoms with E-state index in [1.165, 1.54) is 6.08 Å². The van der Waals surface area contributed by atoms with E-state index in [1.54, 1.807) is 24.3 Å². The van der Waals surface area contributed by atoms with Crippen LogP contribution in [0.1, 0.15) is 42.6 Å². The first kappa shape index (κ1) is 14.3. The molecule has 106 valence electrons. The minimum absolute atomic E-state index is 0.0121. The summed E-state index contributed by atoms with van der Waals surface area (Å²) >= 11 is 0. The van der Waals surface area contributed by atoms with Crippen LogP contribution in [0.25, 0.3) is 6.08 Å². The van der Waals surface area contributed by atoms with Crippen molar-refractivity contribution < 1.29 is 14.7 Å². The van der Waals surface area contributed by atoms with Crippen molar-refractivity contribution in [2.75, 3.05) is 6.54 Å². The smallest absolute Gasteiger partial charge is 0.328 e. The first-order valence-electron chi connectivity index (χ1n) is 6.73. The van der Waals surface area contributed by atoms with Gasteiger partial charge in [-0.1, -0.05) is 12.1 Å². The number of carbonyl (C=O) groups is 2. The molecule has 2 rings (SSSR count). The lowest BCUT2D eigenvalue weighted by molar-refractivity contribution is -0.131.